The number of carbonyl (C=O) groups excluding carboxylic acids is 1. The number of likely N-dealkylation sites (tertiary alicyclic amines) is 1. The molecule has 0 aliphatic carbocycles. The summed E-state index contributed by atoms with van der Waals surface area (Å²) in [6.07, 6.45) is 1.03. The fourth-order valence-corrected chi connectivity index (χ4v) is 1.74. The summed E-state index contributed by atoms with van der Waals surface area (Å²) in [6.45, 7) is 7.94. The van der Waals surface area contributed by atoms with Gasteiger partial charge in [-0.05, 0) is 25.4 Å². The van der Waals surface area contributed by atoms with E-state index in [1.165, 1.54) is 0 Å². The van der Waals surface area contributed by atoms with Crippen LogP contribution in [0.5, 0.6) is 0 Å². The quantitative estimate of drug-likeness (QED) is 0.688. The van der Waals surface area contributed by atoms with Crippen molar-refractivity contribution >= 4 is 5.91 Å². The van der Waals surface area contributed by atoms with Gasteiger partial charge >= 0.3 is 0 Å². The minimum atomic E-state index is -0.427. The Balaban J connectivity index is 2.42. The zero-order valence-corrected chi connectivity index (χ0v) is 10.2. The molecule has 0 saturated carbocycles. The van der Waals surface area contributed by atoms with E-state index in [1.54, 1.807) is 0 Å². The van der Waals surface area contributed by atoms with Gasteiger partial charge in [-0.25, -0.2) is 0 Å². The second kappa shape index (κ2) is 4.49. The molecule has 0 aromatic rings. The highest BCUT2D eigenvalue weighted by molar-refractivity contribution is 5.82. The first kappa shape index (κ1) is 12.5. The molecule has 1 unspecified atom stereocenters. The van der Waals surface area contributed by atoms with Crippen LogP contribution in [-0.2, 0) is 4.79 Å². The van der Waals surface area contributed by atoms with Crippen LogP contribution < -0.4 is 11.1 Å². The summed E-state index contributed by atoms with van der Waals surface area (Å²) < 4.78 is 0. The van der Waals surface area contributed by atoms with Crippen molar-refractivity contribution in [3.8, 4) is 0 Å². The van der Waals surface area contributed by atoms with Crippen LogP contribution in [0.2, 0.25) is 0 Å². The third kappa shape index (κ3) is 3.47. The Bertz CT molecular complexity index is 234. The van der Waals surface area contributed by atoms with Crippen molar-refractivity contribution in [2.75, 3.05) is 20.1 Å². The molecule has 2 atom stereocenters. The maximum Gasteiger partial charge on any atom is 0.237 e. The van der Waals surface area contributed by atoms with E-state index in [-0.39, 0.29) is 17.4 Å². The van der Waals surface area contributed by atoms with Crippen LogP contribution in [0, 0.1) is 5.41 Å². The fourth-order valence-electron chi connectivity index (χ4n) is 1.74. The van der Waals surface area contributed by atoms with E-state index < -0.39 is 6.04 Å². The van der Waals surface area contributed by atoms with Crippen LogP contribution in [0.25, 0.3) is 0 Å². The van der Waals surface area contributed by atoms with Crippen LogP contribution in [0.1, 0.15) is 27.2 Å². The number of nitrogens with one attached hydrogen (secondary N) is 1. The van der Waals surface area contributed by atoms with E-state index >= 15 is 0 Å². The molecule has 4 nitrogen and oxygen atoms in total. The predicted octanol–water partition coefficient (Wildman–Crippen LogP) is 0.180. The Hall–Kier alpha value is -0.610. The van der Waals surface area contributed by atoms with E-state index in [2.05, 4.69) is 17.3 Å². The molecule has 3 N–H and O–H groups in total. The Morgan fingerprint density at radius 2 is 2.13 bits per heavy atom. The molecule has 1 heterocycles. The highest BCUT2D eigenvalue weighted by atomic mass is 16.2. The molecule has 15 heavy (non-hydrogen) atoms. The number of nitrogens with zero attached hydrogens (tertiary/aromatic N) is 1. The number of amides is 1. The lowest BCUT2D eigenvalue weighted by atomic mass is 9.87. The first-order valence-electron chi connectivity index (χ1n) is 5.55. The molecule has 0 aromatic carbocycles. The van der Waals surface area contributed by atoms with Gasteiger partial charge in [0, 0.05) is 12.6 Å². The van der Waals surface area contributed by atoms with Crippen LogP contribution in [0.4, 0.5) is 0 Å². The standard InChI is InChI=1S/C11H23N3O/c1-11(2,3)9(12)10(15)13-8-5-6-14(4)7-8/h8-9H,5-7,12H2,1-4H3,(H,13,15)/t8?,9-/m0/s1. The molecular formula is C11H23N3O. The van der Waals surface area contributed by atoms with Gasteiger partial charge in [0.2, 0.25) is 5.91 Å². The molecule has 88 valence electrons. The number of carbonyl (C=O) groups is 1. The third-order valence-corrected chi connectivity index (χ3v) is 2.95. The van der Waals surface area contributed by atoms with Crippen molar-refractivity contribution in [3.05, 3.63) is 0 Å². The monoisotopic (exact) mass is 213 g/mol. The van der Waals surface area contributed by atoms with Gasteiger partial charge < -0.3 is 16.0 Å². The molecule has 4 heteroatoms. The van der Waals surface area contributed by atoms with Gasteiger partial charge in [-0.3, -0.25) is 4.79 Å². The molecule has 0 bridgehead atoms. The second-order valence-electron chi connectivity index (χ2n) is 5.60. The summed E-state index contributed by atoms with van der Waals surface area (Å²) in [7, 11) is 2.07. The van der Waals surface area contributed by atoms with E-state index in [1.807, 2.05) is 20.8 Å². The Kier molecular flexibility index (Phi) is 3.73. The fraction of sp³-hybridized carbons (Fsp3) is 0.909. The molecule has 0 spiro atoms. The first-order valence-corrected chi connectivity index (χ1v) is 5.55. The van der Waals surface area contributed by atoms with Crippen molar-refractivity contribution in [2.45, 2.75) is 39.3 Å². The Morgan fingerprint density at radius 3 is 2.53 bits per heavy atom. The number of rotatable bonds is 2. The van der Waals surface area contributed by atoms with Gasteiger partial charge in [-0.15, -0.1) is 0 Å². The normalized spacial score (nSPS) is 25.3. The van der Waals surface area contributed by atoms with Gasteiger partial charge in [0.05, 0.1) is 6.04 Å². The molecule has 1 saturated heterocycles. The summed E-state index contributed by atoms with van der Waals surface area (Å²) >= 11 is 0. The largest absolute Gasteiger partial charge is 0.351 e. The summed E-state index contributed by atoms with van der Waals surface area (Å²) in [5.74, 6) is -0.0252. The molecular weight excluding hydrogens is 190 g/mol. The molecule has 1 fully saturated rings. The molecule has 1 aliphatic heterocycles. The molecule has 0 aromatic heterocycles. The highest BCUT2D eigenvalue weighted by Gasteiger charge is 2.30. The average Bonchev–Trinajstić information content (AvgIpc) is 2.48. The van der Waals surface area contributed by atoms with Gasteiger partial charge in [-0.2, -0.15) is 0 Å². The third-order valence-electron chi connectivity index (χ3n) is 2.95. The predicted molar refractivity (Wildman–Crippen MR) is 61.5 cm³/mol. The Morgan fingerprint density at radius 1 is 1.53 bits per heavy atom. The van der Waals surface area contributed by atoms with Gasteiger partial charge in [0.15, 0.2) is 0 Å². The van der Waals surface area contributed by atoms with Crippen LogP contribution in [0.15, 0.2) is 0 Å². The summed E-state index contributed by atoms with van der Waals surface area (Å²) in [5.41, 5.74) is 5.71. The number of likely N-dealkylation sites (N-methyl/N-ethyl adjacent to an activating group) is 1. The van der Waals surface area contributed by atoms with Crippen molar-refractivity contribution in [1.82, 2.24) is 10.2 Å². The zero-order valence-electron chi connectivity index (χ0n) is 10.2. The number of hydrogen-bond donors (Lipinski definition) is 2. The number of hydrogen-bond acceptors (Lipinski definition) is 3. The summed E-state index contributed by atoms with van der Waals surface area (Å²) in [4.78, 5) is 14.0. The molecule has 1 rings (SSSR count). The van der Waals surface area contributed by atoms with Crippen LogP contribution in [-0.4, -0.2) is 43.0 Å². The van der Waals surface area contributed by atoms with Crippen molar-refractivity contribution in [2.24, 2.45) is 11.1 Å². The van der Waals surface area contributed by atoms with E-state index in [0.717, 1.165) is 19.5 Å². The molecule has 0 radical (unpaired) electrons. The molecule has 1 amide bonds. The van der Waals surface area contributed by atoms with Crippen molar-refractivity contribution in [3.63, 3.8) is 0 Å². The van der Waals surface area contributed by atoms with E-state index in [4.69, 9.17) is 5.73 Å². The zero-order chi connectivity index (χ0) is 11.6. The highest BCUT2D eigenvalue weighted by Crippen LogP contribution is 2.17. The first-order chi connectivity index (χ1) is 6.80. The Labute approximate surface area is 92.2 Å². The van der Waals surface area contributed by atoms with Crippen molar-refractivity contribution < 1.29 is 4.79 Å². The number of nitrogens with two attached hydrogens (primary N) is 1. The lowest BCUT2D eigenvalue weighted by molar-refractivity contribution is -0.125. The maximum atomic E-state index is 11.8. The van der Waals surface area contributed by atoms with Crippen LogP contribution >= 0.6 is 0 Å². The minimum absolute atomic E-state index is 0.0252. The second-order valence-corrected chi connectivity index (χ2v) is 5.60. The lowest BCUT2D eigenvalue weighted by Crippen LogP contribution is -2.51. The maximum absolute atomic E-state index is 11.8. The van der Waals surface area contributed by atoms with Gasteiger partial charge in [-0.1, -0.05) is 20.8 Å². The van der Waals surface area contributed by atoms with Gasteiger partial charge in [0.25, 0.3) is 0 Å². The average molecular weight is 213 g/mol. The summed E-state index contributed by atoms with van der Waals surface area (Å²) in [6, 6.07) is -0.153. The van der Waals surface area contributed by atoms with Gasteiger partial charge in [0.1, 0.15) is 0 Å². The van der Waals surface area contributed by atoms with Crippen LogP contribution in [0.3, 0.4) is 0 Å². The molecule has 1 aliphatic rings. The topological polar surface area (TPSA) is 58.4 Å². The smallest absolute Gasteiger partial charge is 0.237 e. The van der Waals surface area contributed by atoms with Crippen molar-refractivity contribution in [1.29, 1.82) is 0 Å². The lowest BCUT2D eigenvalue weighted by Gasteiger charge is -2.27. The summed E-state index contributed by atoms with van der Waals surface area (Å²) in [5, 5.41) is 3.01. The van der Waals surface area contributed by atoms with E-state index in [9.17, 15) is 4.79 Å². The minimum Gasteiger partial charge on any atom is -0.351 e. The SMILES string of the molecule is CN1CCC(NC(=O)[C@H](N)C(C)(C)C)C1. The van der Waals surface area contributed by atoms with E-state index in [0.29, 0.717) is 0 Å².